The van der Waals surface area contributed by atoms with Crippen LogP contribution >= 0.6 is 0 Å². The summed E-state index contributed by atoms with van der Waals surface area (Å²) in [6.45, 7) is 13.4. The van der Waals surface area contributed by atoms with Crippen LogP contribution in [0.3, 0.4) is 0 Å². The largest absolute Gasteiger partial charge is 0.340 e. The van der Waals surface area contributed by atoms with Gasteiger partial charge in [-0.1, -0.05) is 41.5 Å². The fourth-order valence-corrected chi connectivity index (χ4v) is 2.39. The molecule has 1 atom stereocenters. The molecule has 0 radical (unpaired) electrons. The van der Waals surface area contributed by atoms with Gasteiger partial charge in [0, 0.05) is 6.54 Å². The average molecular weight is 268 g/mol. The number of hydrogen-bond acceptors (Lipinski definition) is 2. The standard InChI is InChI=1S/C15H28N2O2/c1-7-15(8-2)13(19)17(10-12(18)16-15)9-11(3)14(4,5)6/h11H,7-10H2,1-6H3,(H,16,18). The first-order valence-electron chi connectivity index (χ1n) is 7.26. The quantitative estimate of drug-likeness (QED) is 0.849. The van der Waals surface area contributed by atoms with Crippen LogP contribution in [0.1, 0.15) is 54.4 Å². The van der Waals surface area contributed by atoms with Gasteiger partial charge in [0.15, 0.2) is 0 Å². The van der Waals surface area contributed by atoms with Crippen molar-refractivity contribution in [2.75, 3.05) is 13.1 Å². The second kappa shape index (κ2) is 5.51. The Morgan fingerprint density at radius 3 is 2.21 bits per heavy atom. The van der Waals surface area contributed by atoms with E-state index in [1.807, 2.05) is 13.8 Å². The van der Waals surface area contributed by atoms with E-state index in [-0.39, 0.29) is 23.8 Å². The molecule has 0 bridgehead atoms. The highest BCUT2D eigenvalue weighted by atomic mass is 16.2. The summed E-state index contributed by atoms with van der Waals surface area (Å²) in [5, 5.41) is 2.89. The van der Waals surface area contributed by atoms with Gasteiger partial charge in [-0.2, -0.15) is 0 Å². The number of rotatable bonds is 4. The first-order valence-corrected chi connectivity index (χ1v) is 7.26. The minimum atomic E-state index is -0.688. The van der Waals surface area contributed by atoms with Crippen LogP contribution in [0.25, 0.3) is 0 Å². The van der Waals surface area contributed by atoms with Crippen molar-refractivity contribution in [3.63, 3.8) is 0 Å². The number of amides is 2. The molecule has 1 saturated heterocycles. The maximum absolute atomic E-state index is 12.6. The van der Waals surface area contributed by atoms with E-state index < -0.39 is 5.54 Å². The van der Waals surface area contributed by atoms with Crippen molar-refractivity contribution >= 4 is 11.8 Å². The number of nitrogens with one attached hydrogen (secondary N) is 1. The lowest BCUT2D eigenvalue weighted by atomic mass is 9.81. The van der Waals surface area contributed by atoms with Gasteiger partial charge >= 0.3 is 0 Å². The van der Waals surface area contributed by atoms with Crippen molar-refractivity contribution in [2.45, 2.75) is 59.9 Å². The van der Waals surface area contributed by atoms with Crippen molar-refractivity contribution in [3.8, 4) is 0 Å². The first kappa shape index (κ1) is 16.0. The molecule has 1 N–H and O–H groups in total. The van der Waals surface area contributed by atoms with Crippen LogP contribution in [-0.4, -0.2) is 35.3 Å². The summed E-state index contributed by atoms with van der Waals surface area (Å²) in [6.07, 6.45) is 1.29. The van der Waals surface area contributed by atoms with Gasteiger partial charge in [0.25, 0.3) is 0 Å². The summed E-state index contributed by atoms with van der Waals surface area (Å²) in [4.78, 5) is 26.2. The van der Waals surface area contributed by atoms with Crippen molar-refractivity contribution in [1.29, 1.82) is 0 Å². The molecule has 1 aliphatic heterocycles. The Bertz CT molecular complexity index is 354. The number of carbonyl (C=O) groups excluding carboxylic acids is 2. The first-order chi connectivity index (χ1) is 8.66. The molecule has 1 heterocycles. The molecule has 1 aliphatic rings. The molecule has 0 aromatic rings. The molecule has 110 valence electrons. The molecule has 1 unspecified atom stereocenters. The monoisotopic (exact) mass is 268 g/mol. The molecule has 0 spiro atoms. The van der Waals surface area contributed by atoms with Crippen molar-refractivity contribution in [1.82, 2.24) is 10.2 Å². The predicted molar refractivity (Wildman–Crippen MR) is 76.7 cm³/mol. The van der Waals surface area contributed by atoms with Crippen LogP contribution in [0.5, 0.6) is 0 Å². The maximum atomic E-state index is 12.6. The zero-order valence-electron chi connectivity index (χ0n) is 13.2. The second-order valence-electron chi connectivity index (χ2n) is 6.79. The van der Waals surface area contributed by atoms with Gasteiger partial charge in [-0.25, -0.2) is 0 Å². The van der Waals surface area contributed by atoms with E-state index in [2.05, 4.69) is 33.0 Å². The van der Waals surface area contributed by atoms with Gasteiger partial charge in [0.05, 0.1) is 6.54 Å². The van der Waals surface area contributed by atoms with E-state index in [9.17, 15) is 9.59 Å². The SMILES string of the molecule is CCC1(CC)NC(=O)CN(CC(C)C(C)(C)C)C1=O. The Kier molecular flexibility index (Phi) is 4.64. The Morgan fingerprint density at radius 2 is 1.79 bits per heavy atom. The molecule has 4 nitrogen and oxygen atoms in total. The third-order valence-corrected chi connectivity index (χ3v) is 4.59. The highest BCUT2D eigenvalue weighted by molar-refractivity contribution is 5.97. The van der Waals surface area contributed by atoms with Crippen LogP contribution in [0.2, 0.25) is 0 Å². The molecule has 0 aliphatic carbocycles. The van der Waals surface area contributed by atoms with Gasteiger partial charge in [0.2, 0.25) is 11.8 Å². The number of nitrogens with zero attached hydrogens (tertiary/aromatic N) is 1. The van der Waals surface area contributed by atoms with E-state index in [0.29, 0.717) is 25.3 Å². The number of hydrogen-bond donors (Lipinski definition) is 1. The summed E-state index contributed by atoms with van der Waals surface area (Å²) in [7, 11) is 0. The molecule has 0 aromatic heterocycles. The Morgan fingerprint density at radius 1 is 1.26 bits per heavy atom. The minimum absolute atomic E-state index is 0.0376. The topological polar surface area (TPSA) is 49.4 Å². The van der Waals surface area contributed by atoms with E-state index in [1.165, 1.54) is 0 Å². The maximum Gasteiger partial charge on any atom is 0.248 e. The van der Waals surface area contributed by atoms with Crippen molar-refractivity contribution in [3.05, 3.63) is 0 Å². The Balaban J connectivity index is 2.90. The summed E-state index contributed by atoms with van der Waals surface area (Å²) in [5.74, 6) is 0.395. The fraction of sp³-hybridized carbons (Fsp3) is 0.867. The summed E-state index contributed by atoms with van der Waals surface area (Å²) in [5.41, 5.74) is -0.553. The third-order valence-electron chi connectivity index (χ3n) is 4.59. The molecule has 1 fully saturated rings. The molecule has 2 amide bonds. The molecular weight excluding hydrogens is 240 g/mol. The van der Waals surface area contributed by atoms with Gasteiger partial charge in [-0.15, -0.1) is 0 Å². The van der Waals surface area contributed by atoms with Crippen LogP contribution in [0, 0.1) is 11.3 Å². The van der Waals surface area contributed by atoms with Crippen LogP contribution in [0.4, 0.5) is 0 Å². The van der Waals surface area contributed by atoms with Crippen LogP contribution in [-0.2, 0) is 9.59 Å². The lowest BCUT2D eigenvalue weighted by molar-refractivity contribution is -0.151. The number of carbonyl (C=O) groups is 2. The van der Waals surface area contributed by atoms with Gasteiger partial charge in [-0.05, 0) is 24.2 Å². The van der Waals surface area contributed by atoms with Gasteiger partial charge in [-0.3, -0.25) is 9.59 Å². The molecule has 0 saturated carbocycles. The van der Waals surface area contributed by atoms with Crippen molar-refractivity contribution in [2.24, 2.45) is 11.3 Å². The fourth-order valence-electron chi connectivity index (χ4n) is 2.39. The zero-order valence-corrected chi connectivity index (χ0v) is 13.2. The molecular formula is C15H28N2O2. The molecule has 1 rings (SSSR count). The lowest BCUT2D eigenvalue weighted by Crippen LogP contribution is -2.66. The van der Waals surface area contributed by atoms with Gasteiger partial charge in [0.1, 0.15) is 5.54 Å². The summed E-state index contributed by atoms with van der Waals surface area (Å²) >= 11 is 0. The highest BCUT2D eigenvalue weighted by Crippen LogP contribution is 2.29. The molecule has 4 heteroatoms. The minimum Gasteiger partial charge on any atom is -0.340 e. The predicted octanol–water partition coefficient (Wildman–Crippen LogP) is 2.19. The van der Waals surface area contributed by atoms with Crippen molar-refractivity contribution < 1.29 is 9.59 Å². The Labute approximate surface area is 116 Å². The van der Waals surface area contributed by atoms with E-state index in [1.54, 1.807) is 4.90 Å². The number of piperazine rings is 1. The van der Waals surface area contributed by atoms with Gasteiger partial charge < -0.3 is 10.2 Å². The van der Waals surface area contributed by atoms with E-state index in [4.69, 9.17) is 0 Å². The lowest BCUT2D eigenvalue weighted by Gasteiger charge is -2.43. The normalized spacial score (nSPS) is 21.3. The van der Waals surface area contributed by atoms with E-state index >= 15 is 0 Å². The summed E-state index contributed by atoms with van der Waals surface area (Å²) in [6, 6.07) is 0. The average Bonchev–Trinajstić information content (AvgIpc) is 2.32. The zero-order chi connectivity index (χ0) is 14.8. The van der Waals surface area contributed by atoms with Crippen LogP contribution in [0.15, 0.2) is 0 Å². The van der Waals surface area contributed by atoms with E-state index in [0.717, 1.165) is 0 Å². The molecule has 0 aromatic carbocycles. The smallest absolute Gasteiger partial charge is 0.248 e. The molecule has 19 heavy (non-hydrogen) atoms. The third kappa shape index (κ3) is 3.28. The second-order valence-corrected chi connectivity index (χ2v) is 6.79. The summed E-state index contributed by atoms with van der Waals surface area (Å²) < 4.78 is 0. The van der Waals surface area contributed by atoms with Crippen LogP contribution < -0.4 is 5.32 Å². The Hall–Kier alpha value is -1.06. The highest BCUT2D eigenvalue weighted by Gasteiger charge is 2.44.